The molecule has 2 aliphatic heterocycles. The van der Waals surface area contributed by atoms with Crippen LogP contribution in [0.4, 0.5) is 0 Å². The van der Waals surface area contributed by atoms with Crippen LogP contribution in [0.2, 0.25) is 0 Å². The molecule has 0 unspecified atom stereocenters. The van der Waals surface area contributed by atoms with Gasteiger partial charge in [-0.05, 0) is 37.0 Å². The van der Waals surface area contributed by atoms with E-state index in [1.165, 1.54) is 5.56 Å². The monoisotopic (exact) mass is 271 g/mol. The van der Waals surface area contributed by atoms with Crippen molar-refractivity contribution in [3.8, 4) is 11.5 Å². The quantitative estimate of drug-likeness (QED) is 0.798. The largest absolute Gasteiger partial charge is 0.454 e. The third-order valence-electron chi connectivity index (χ3n) is 4.67. The highest BCUT2D eigenvalue weighted by molar-refractivity contribution is 5.80. The molecule has 1 aliphatic carbocycles. The molecule has 4 nitrogen and oxygen atoms in total. The second-order valence-corrected chi connectivity index (χ2v) is 5.78. The molecule has 0 saturated carbocycles. The van der Waals surface area contributed by atoms with Gasteiger partial charge in [-0.25, -0.2) is 0 Å². The Morgan fingerprint density at radius 1 is 1.20 bits per heavy atom. The van der Waals surface area contributed by atoms with E-state index >= 15 is 0 Å². The molecule has 0 aromatic heterocycles. The molecule has 2 atom stereocenters. The van der Waals surface area contributed by atoms with Gasteiger partial charge in [0.05, 0.1) is 5.54 Å². The summed E-state index contributed by atoms with van der Waals surface area (Å²) in [7, 11) is 0. The number of amides is 1. The number of carbonyl (C=O) groups is 1. The van der Waals surface area contributed by atoms with Gasteiger partial charge >= 0.3 is 0 Å². The topological polar surface area (TPSA) is 47.6 Å². The lowest BCUT2D eigenvalue weighted by Crippen LogP contribution is -2.47. The molecule has 2 heterocycles. The average molecular weight is 271 g/mol. The first-order valence-corrected chi connectivity index (χ1v) is 7.12. The fourth-order valence-corrected chi connectivity index (χ4v) is 3.63. The number of carbonyl (C=O) groups excluding carboxylic acids is 1. The number of rotatable bonds is 1. The predicted octanol–water partition coefficient (Wildman–Crippen LogP) is 2.50. The van der Waals surface area contributed by atoms with Gasteiger partial charge < -0.3 is 14.8 Å². The molecule has 1 N–H and O–H groups in total. The highest BCUT2D eigenvalue weighted by Crippen LogP contribution is 2.45. The zero-order valence-corrected chi connectivity index (χ0v) is 11.2. The van der Waals surface area contributed by atoms with Gasteiger partial charge in [0.1, 0.15) is 0 Å². The van der Waals surface area contributed by atoms with E-state index < -0.39 is 0 Å². The molecule has 4 rings (SSSR count). The third kappa shape index (κ3) is 1.71. The summed E-state index contributed by atoms with van der Waals surface area (Å²) >= 11 is 0. The first kappa shape index (κ1) is 11.8. The number of nitrogens with one attached hydrogen (secondary N) is 1. The maximum absolute atomic E-state index is 11.7. The summed E-state index contributed by atoms with van der Waals surface area (Å²) in [6.07, 6.45) is 7.82. The van der Waals surface area contributed by atoms with Crippen molar-refractivity contribution in [1.82, 2.24) is 5.32 Å². The summed E-state index contributed by atoms with van der Waals surface area (Å²) in [5.41, 5.74) is 1.11. The first-order valence-electron chi connectivity index (χ1n) is 7.12. The molecule has 1 aromatic rings. The first-order chi connectivity index (χ1) is 9.77. The Morgan fingerprint density at radius 3 is 2.95 bits per heavy atom. The van der Waals surface area contributed by atoms with E-state index in [1.807, 2.05) is 6.07 Å². The maximum Gasteiger partial charge on any atom is 0.231 e. The number of ether oxygens (including phenoxy) is 2. The van der Waals surface area contributed by atoms with Gasteiger partial charge in [-0.1, -0.05) is 18.2 Å². The van der Waals surface area contributed by atoms with Crippen LogP contribution in [0.1, 0.15) is 37.2 Å². The van der Waals surface area contributed by atoms with Gasteiger partial charge in [0.2, 0.25) is 12.7 Å². The van der Waals surface area contributed by atoms with E-state index in [9.17, 15) is 4.79 Å². The number of fused-ring (bicyclic) bond motifs is 1. The Bertz CT molecular complexity index is 595. The molecule has 1 aromatic carbocycles. The lowest BCUT2D eigenvalue weighted by molar-refractivity contribution is -0.119. The summed E-state index contributed by atoms with van der Waals surface area (Å²) in [5, 5.41) is 3.22. The van der Waals surface area contributed by atoms with E-state index in [2.05, 4.69) is 29.6 Å². The van der Waals surface area contributed by atoms with Crippen molar-refractivity contribution in [3.63, 3.8) is 0 Å². The Hall–Kier alpha value is -1.97. The van der Waals surface area contributed by atoms with Gasteiger partial charge in [0.15, 0.2) is 11.5 Å². The van der Waals surface area contributed by atoms with Crippen molar-refractivity contribution in [1.29, 1.82) is 0 Å². The van der Waals surface area contributed by atoms with E-state index in [1.54, 1.807) is 0 Å². The summed E-state index contributed by atoms with van der Waals surface area (Å²) in [6, 6.07) is 6.14. The Morgan fingerprint density at radius 2 is 2.10 bits per heavy atom. The minimum atomic E-state index is -0.112. The smallest absolute Gasteiger partial charge is 0.231 e. The Kier molecular flexibility index (Phi) is 2.52. The van der Waals surface area contributed by atoms with Gasteiger partial charge in [-0.3, -0.25) is 4.79 Å². The van der Waals surface area contributed by atoms with Crippen LogP contribution in [0.5, 0.6) is 11.5 Å². The zero-order valence-electron chi connectivity index (χ0n) is 11.2. The molecule has 1 fully saturated rings. The molecule has 20 heavy (non-hydrogen) atoms. The van der Waals surface area contributed by atoms with Crippen LogP contribution < -0.4 is 14.8 Å². The fourth-order valence-electron chi connectivity index (χ4n) is 3.63. The van der Waals surface area contributed by atoms with Crippen LogP contribution in [-0.2, 0) is 4.79 Å². The van der Waals surface area contributed by atoms with Crippen LogP contribution >= 0.6 is 0 Å². The molecule has 3 aliphatic rings. The van der Waals surface area contributed by atoms with Crippen LogP contribution in [-0.4, -0.2) is 18.2 Å². The van der Waals surface area contributed by atoms with Crippen LogP contribution in [0.25, 0.3) is 0 Å². The maximum atomic E-state index is 11.7. The molecule has 0 bridgehead atoms. The van der Waals surface area contributed by atoms with Crippen molar-refractivity contribution < 1.29 is 14.3 Å². The molecule has 104 valence electrons. The second-order valence-electron chi connectivity index (χ2n) is 5.78. The zero-order chi connectivity index (χ0) is 13.6. The number of hydrogen-bond donors (Lipinski definition) is 1. The Balaban J connectivity index is 1.72. The van der Waals surface area contributed by atoms with Crippen LogP contribution in [0.15, 0.2) is 30.4 Å². The van der Waals surface area contributed by atoms with Crippen molar-refractivity contribution in [3.05, 3.63) is 35.9 Å². The SMILES string of the molecule is O=C1CC[C@@]2(CC=CC[C@H]2c2ccc3c(c2)OCO3)N1. The number of hydrogen-bond acceptors (Lipinski definition) is 3. The molecule has 1 amide bonds. The van der Waals surface area contributed by atoms with E-state index in [0.717, 1.165) is 30.8 Å². The average Bonchev–Trinajstić information content (AvgIpc) is 3.06. The lowest BCUT2D eigenvalue weighted by atomic mass is 9.71. The van der Waals surface area contributed by atoms with Crippen molar-refractivity contribution in [2.45, 2.75) is 37.1 Å². The van der Waals surface area contributed by atoms with Crippen LogP contribution in [0.3, 0.4) is 0 Å². The van der Waals surface area contributed by atoms with Gasteiger partial charge in [0, 0.05) is 12.3 Å². The molecule has 0 radical (unpaired) electrons. The van der Waals surface area contributed by atoms with Gasteiger partial charge in [-0.15, -0.1) is 0 Å². The third-order valence-corrected chi connectivity index (χ3v) is 4.67. The summed E-state index contributed by atoms with van der Waals surface area (Å²) in [4.78, 5) is 11.7. The van der Waals surface area contributed by atoms with Crippen LogP contribution in [0, 0.1) is 0 Å². The van der Waals surface area contributed by atoms with Crippen molar-refractivity contribution >= 4 is 5.91 Å². The standard InChI is InChI=1S/C16H17NO3/c18-15-6-8-16(17-15)7-2-1-3-12(16)11-4-5-13-14(9-11)20-10-19-13/h1-2,4-5,9,12H,3,6-8,10H2,(H,17,18)/t12-,16+/m0/s1. The van der Waals surface area contributed by atoms with Crippen molar-refractivity contribution in [2.24, 2.45) is 0 Å². The molecule has 4 heteroatoms. The summed E-state index contributed by atoms with van der Waals surface area (Å²) < 4.78 is 10.8. The van der Waals surface area contributed by atoms with E-state index in [4.69, 9.17) is 9.47 Å². The minimum Gasteiger partial charge on any atom is -0.454 e. The highest BCUT2D eigenvalue weighted by atomic mass is 16.7. The lowest BCUT2D eigenvalue weighted by Gasteiger charge is -2.39. The number of benzene rings is 1. The second kappa shape index (κ2) is 4.27. The molecular formula is C16H17NO3. The summed E-state index contributed by atoms with van der Waals surface area (Å²) in [6.45, 7) is 0.297. The Labute approximate surface area is 117 Å². The van der Waals surface area contributed by atoms with Crippen molar-refractivity contribution in [2.75, 3.05) is 6.79 Å². The molecule has 1 spiro atoms. The van der Waals surface area contributed by atoms with E-state index in [0.29, 0.717) is 19.1 Å². The predicted molar refractivity (Wildman–Crippen MR) is 73.8 cm³/mol. The highest BCUT2D eigenvalue weighted by Gasteiger charge is 2.45. The van der Waals surface area contributed by atoms with Gasteiger partial charge in [0.25, 0.3) is 0 Å². The molecule has 1 saturated heterocycles. The summed E-state index contributed by atoms with van der Waals surface area (Å²) in [5.74, 6) is 2.11. The molecular weight excluding hydrogens is 254 g/mol. The number of allylic oxidation sites excluding steroid dienone is 1. The van der Waals surface area contributed by atoms with E-state index in [-0.39, 0.29) is 11.4 Å². The van der Waals surface area contributed by atoms with Gasteiger partial charge in [-0.2, -0.15) is 0 Å². The normalized spacial score (nSPS) is 30.8. The fraction of sp³-hybridized carbons (Fsp3) is 0.438. The minimum absolute atomic E-state index is 0.112.